The first-order chi connectivity index (χ1) is 8.95. The molecule has 1 aliphatic rings. The number of halogens is 2. The maximum absolute atomic E-state index is 11.9. The Bertz CT molecular complexity index is 519. The molecule has 2 rings (SSSR count). The molecule has 1 saturated heterocycles. The Morgan fingerprint density at radius 3 is 2.79 bits per heavy atom. The van der Waals surface area contributed by atoms with Gasteiger partial charge in [0, 0.05) is 30.1 Å². The van der Waals surface area contributed by atoms with Gasteiger partial charge in [0.1, 0.15) is 0 Å². The third kappa shape index (κ3) is 3.61. The van der Waals surface area contributed by atoms with Crippen LogP contribution in [0.4, 0.5) is 0 Å². The van der Waals surface area contributed by atoms with Gasteiger partial charge in [-0.25, -0.2) is 0 Å². The molecule has 1 atom stereocenters. The number of carbonyl (C=O) groups is 2. The molecule has 1 aromatic carbocycles. The zero-order valence-electron chi connectivity index (χ0n) is 10.5. The zero-order valence-corrected chi connectivity index (χ0v) is 12.0. The molecular weight excluding hydrogens is 287 g/mol. The summed E-state index contributed by atoms with van der Waals surface area (Å²) in [7, 11) is 1.73. The number of benzene rings is 1. The molecule has 19 heavy (non-hydrogen) atoms. The van der Waals surface area contributed by atoms with E-state index in [2.05, 4.69) is 5.32 Å². The van der Waals surface area contributed by atoms with Gasteiger partial charge in [-0.1, -0.05) is 29.3 Å². The number of likely N-dealkylation sites (tertiary alicyclic amines) is 1. The minimum atomic E-state index is -0.141. The van der Waals surface area contributed by atoms with Gasteiger partial charge in [-0.15, -0.1) is 0 Å². The van der Waals surface area contributed by atoms with Crippen molar-refractivity contribution in [3.8, 4) is 0 Å². The lowest BCUT2D eigenvalue weighted by atomic mass is 10.1. The van der Waals surface area contributed by atoms with Gasteiger partial charge >= 0.3 is 0 Å². The van der Waals surface area contributed by atoms with Gasteiger partial charge in [-0.05, 0) is 17.7 Å². The number of hydrogen-bond acceptors (Lipinski definition) is 2. The average molecular weight is 301 g/mol. The van der Waals surface area contributed by atoms with E-state index in [4.69, 9.17) is 23.2 Å². The molecule has 0 aromatic heterocycles. The summed E-state index contributed by atoms with van der Waals surface area (Å²) >= 11 is 11.8. The largest absolute Gasteiger partial charge is 0.351 e. The summed E-state index contributed by atoms with van der Waals surface area (Å²) in [4.78, 5) is 24.9. The fourth-order valence-corrected chi connectivity index (χ4v) is 2.55. The normalized spacial score (nSPS) is 18.8. The van der Waals surface area contributed by atoms with Crippen LogP contribution in [-0.2, 0) is 16.0 Å². The van der Waals surface area contributed by atoms with Crippen LogP contribution in [0.2, 0.25) is 10.0 Å². The van der Waals surface area contributed by atoms with Crippen LogP contribution in [0.5, 0.6) is 0 Å². The van der Waals surface area contributed by atoms with E-state index < -0.39 is 0 Å². The molecule has 0 saturated carbocycles. The molecule has 2 amide bonds. The van der Waals surface area contributed by atoms with Crippen LogP contribution in [0.25, 0.3) is 0 Å². The second kappa shape index (κ2) is 5.80. The fourth-order valence-electron chi connectivity index (χ4n) is 2.08. The highest BCUT2D eigenvalue weighted by molar-refractivity contribution is 6.35. The Hall–Kier alpha value is -1.26. The van der Waals surface area contributed by atoms with E-state index in [0.717, 1.165) is 5.56 Å². The van der Waals surface area contributed by atoms with Crippen molar-refractivity contribution in [2.24, 2.45) is 0 Å². The van der Waals surface area contributed by atoms with Crippen LogP contribution in [-0.4, -0.2) is 36.3 Å². The van der Waals surface area contributed by atoms with Crippen LogP contribution in [0, 0.1) is 0 Å². The monoisotopic (exact) mass is 300 g/mol. The summed E-state index contributed by atoms with van der Waals surface area (Å²) in [6.07, 6.45) is 0.543. The van der Waals surface area contributed by atoms with Gasteiger partial charge < -0.3 is 10.2 Å². The molecular formula is C13H14Cl2N2O2. The van der Waals surface area contributed by atoms with Crippen molar-refractivity contribution < 1.29 is 9.59 Å². The van der Waals surface area contributed by atoms with E-state index in [0.29, 0.717) is 23.0 Å². The third-order valence-corrected chi connectivity index (χ3v) is 3.66. The molecule has 4 nitrogen and oxygen atoms in total. The summed E-state index contributed by atoms with van der Waals surface area (Å²) in [5.74, 6) is -0.0906. The lowest BCUT2D eigenvalue weighted by Gasteiger charge is -2.12. The maximum atomic E-state index is 11.9. The van der Waals surface area contributed by atoms with Crippen molar-refractivity contribution in [2.75, 3.05) is 13.6 Å². The van der Waals surface area contributed by atoms with Gasteiger partial charge in [-0.2, -0.15) is 0 Å². The molecule has 1 fully saturated rings. The van der Waals surface area contributed by atoms with Crippen LogP contribution in [0.15, 0.2) is 18.2 Å². The molecule has 0 aliphatic carbocycles. The number of rotatable bonds is 3. The van der Waals surface area contributed by atoms with E-state index >= 15 is 0 Å². The first kappa shape index (κ1) is 14.2. The predicted octanol–water partition coefficient (Wildman–Crippen LogP) is 1.88. The maximum Gasteiger partial charge on any atom is 0.224 e. The van der Waals surface area contributed by atoms with E-state index in [9.17, 15) is 9.59 Å². The first-order valence-electron chi connectivity index (χ1n) is 5.93. The van der Waals surface area contributed by atoms with Crippen molar-refractivity contribution in [3.05, 3.63) is 33.8 Å². The summed E-state index contributed by atoms with van der Waals surface area (Å²) in [6.45, 7) is 0.554. The SMILES string of the molecule is CN1CC(NC(=O)Cc2ccc(Cl)cc2Cl)CC1=O. The van der Waals surface area contributed by atoms with Gasteiger partial charge in [-0.3, -0.25) is 9.59 Å². The molecule has 0 bridgehead atoms. The number of nitrogens with zero attached hydrogens (tertiary/aromatic N) is 1. The summed E-state index contributed by atoms with van der Waals surface area (Å²) in [5, 5.41) is 3.85. The molecule has 0 radical (unpaired) electrons. The van der Waals surface area contributed by atoms with Gasteiger partial charge in [0.15, 0.2) is 0 Å². The van der Waals surface area contributed by atoms with Crippen LogP contribution < -0.4 is 5.32 Å². The quantitative estimate of drug-likeness (QED) is 0.927. The molecule has 1 heterocycles. The second-order valence-electron chi connectivity index (χ2n) is 4.66. The number of amides is 2. The molecule has 1 aliphatic heterocycles. The zero-order chi connectivity index (χ0) is 14.0. The molecule has 6 heteroatoms. The van der Waals surface area contributed by atoms with Crippen LogP contribution in [0.3, 0.4) is 0 Å². The van der Waals surface area contributed by atoms with Crippen molar-refractivity contribution in [1.82, 2.24) is 10.2 Å². The van der Waals surface area contributed by atoms with E-state index in [1.165, 1.54) is 0 Å². The van der Waals surface area contributed by atoms with Gasteiger partial charge in [0.2, 0.25) is 11.8 Å². The smallest absolute Gasteiger partial charge is 0.224 e. The lowest BCUT2D eigenvalue weighted by molar-refractivity contribution is -0.126. The molecule has 0 spiro atoms. The number of nitrogens with one attached hydrogen (secondary N) is 1. The highest BCUT2D eigenvalue weighted by Crippen LogP contribution is 2.21. The molecule has 1 unspecified atom stereocenters. The van der Waals surface area contributed by atoms with Crippen molar-refractivity contribution in [3.63, 3.8) is 0 Å². The summed E-state index contributed by atoms with van der Waals surface area (Å²) < 4.78 is 0. The lowest BCUT2D eigenvalue weighted by Crippen LogP contribution is -2.37. The Morgan fingerprint density at radius 2 is 2.21 bits per heavy atom. The highest BCUT2D eigenvalue weighted by atomic mass is 35.5. The van der Waals surface area contributed by atoms with Crippen molar-refractivity contribution in [2.45, 2.75) is 18.9 Å². The molecule has 1 aromatic rings. The minimum Gasteiger partial charge on any atom is -0.351 e. The topological polar surface area (TPSA) is 49.4 Å². The Labute approximate surface area is 121 Å². The number of hydrogen-bond donors (Lipinski definition) is 1. The fraction of sp³-hybridized carbons (Fsp3) is 0.385. The summed E-state index contributed by atoms with van der Waals surface area (Å²) in [5.41, 5.74) is 0.723. The average Bonchev–Trinajstić information content (AvgIpc) is 2.62. The highest BCUT2D eigenvalue weighted by Gasteiger charge is 2.27. The second-order valence-corrected chi connectivity index (χ2v) is 5.50. The van der Waals surface area contributed by atoms with E-state index in [1.807, 2.05) is 0 Å². The van der Waals surface area contributed by atoms with Gasteiger partial charge in [0.25, 0.3) is 0 Å². The Morgan fingerprint density at radius 1 is 1.47 bits per heavy atom. The number of likely N-dealkylation sites (N-methyl/N-ethyl adjacent to an activating group) is 1. The van der Waals surface area contributed by atoms with Crippen molar-refractivity contribution >= 4 is 35.0 Å². The molecule has 102 valence electrons. The third-order valence-electron chi connectivity index (χ3n) is 3.07. The van der Waals surface area contributed by atoms with E-state index in [1.54, 1.807) is 30.1 Å². The van der Waals surface area contributed by atoms with Crippen molar-refractivity contribution in [1.29, 1.82) is 0 Å². The van der Waals surface area contributed by atoms with Crippen LogP contribution >= 0.6 is 23.2 Å². The van der Waals surface area contributed by atoms with E-state index in [-0.39, 0.29) is 24.3 Å². The minimum absolute atomic E-state index is 0.0508. The van der Waals surface area contributed by atoms with Gasteiger partial charge in [0.05, 0.1) is 12.5 Å². The summed E-state index contributed by atoms with van der Waals surface area (Å²) in [6, 6.07) is 4.92. The Kier molecular flexibility index (Phi) is 4.32. The predicted molar refractivity (Wildman–Crippen MR) is 74.4 cm³/mol. The first-order valence-corrected chi connectivity index (χ1v) is 6.68. The Balaban J connectivity index is 1.93. The standard InChI is InChI=1S/C13H14Cl2N2O2/c1-17-7-10(6-13(17)19)16-12(18)4-8-2-3-9(14)5-11(8)15/h2-3,5,10H,4,6-7H2,1H3,(H,16,18). The molecule has 1 N–H and O–H groups in total. The van der Waals surface area contributed by atoms with Crippen LogP contribution in [0.1, 0.15) is 12.0 Å². The number of carbonyl (C=O) groups excluding carboxylic acids is 2.